The number of carboxylic acids is 1. The van der Waals surface area contributed by atoms with Crippen LogP contribution in [0.2, 0.25) is 0 Å². The van der Waals surface area contributed by atoms with Crippen LogP contribution >= 0.6 is 0 Å². The monoisotopic (exact) mass is 223 g/mol. The Balaban J connectivity index is 4.47. The highest BCUT2D eigenvalue weighted by atomic mass is 19.3. The molecule has 0 saturated heterocycles. The predicted octanol–water partition coefficient (Wildman–Crippen LogP) is 1.21. The minimum Gasteiger partial charge on any atom is -0.480 e. The van der Waals surface area contributed by atoms with Crippen LogP contribution in [0.3, 0.4) is 0 Å². The standard InChI is InChI=1S/C9H15F2NO3/c1-6(2)4-9(10,11)8(15)12(3)5-7(13)14/h6H,4-5H2,1-3H3,(H,13,14). The van der Waals surface area contributed by atoms with Gasteiger partial charge in [-0.2, -0.15) is 8.78 Å². The molecule has 0 aliphatic rings. The molecule has 0 aromatic carbocycles. The van der Waals surface area contributed by atoms with Crippen LogP contribution in [0.15, 0.2) is 0 Å². The second-order valence-corrected chi connectivity index (χ2v) is 3.86. The Morgan fingerprint density at radius 2 is 1.87 bits per heavy atom. The van der Waals surface area contributed by atoms with E-state index >= 15 is 0 Å². The normalized spacial score (nSPS) is 11.6. The Morgan fingerprint density at radius 1 is 1.40 bits per heavy atom. The van der Waals surface area contributed by atoms with Gasteiger partial charge in [-0.15, -0.1) is 0 Å². The van der Waals surface area contributed by atoms with E-state index in [4.69, 9.17) is 5.11 Å². The number of alkyl halides is 2. The van der Waals surface area contributed by atoms with E-state index in [0.29, 0.717) is 4.90 Å². The van der Waals surface area contributed by atoms with Crippen molar-refractivity contribution < 1.29 is 23.5 Å². The lowest BCUT2D eigenvalue weighted by molar-refractivity contribution is -0.161. The third kappa shape index (κ3) is 4.71. The van der Waals surface area contributed by atoms with Gasteiger partial charge in [0.15, 0.2) is 0 Å². The minimum absolute atomic E-state index is 0.331. The zero-order chi connectivity index (χ0) is 12.2. The molecule has 0 aliphatic carbocycles. The number of likely N-dealkylation sites (N-methyl/N-ethyl adjacent to an activating group) is 1. The highest BCUT2D eigenvalue weighted by Crippen LogP contribution is 2.25. The first-order chi connectivity index (χ1) is 6.66. The molecule has 0 aromatic heterocycles. The summed E-state index contributed by atoms with van der Waals surface area (Å²) in [6.07, 6.45) is -0.574. The van der Waals surface area contributed by atoms with Gasteiger partial charge in [-0.1, -0.05) is 13.8 Å². The summed E-state index contributed by atoms with van der Waals surface area (Å²) >= 11 is 0. The summed E-state index contributed by atoms with van der Waals surface area (Å²) in [6.45, 7) is 2.42. The lowest BCUT2D eigenvalue weighted by Crippen LogP contribution is -2.44. The highest BCUT2D eigenvalue weighted by molar-refractivity contribution is 5.86. The van der Waals surface area contributed by atoms with Crippen LogP contribution < -0.4 is 0 Å². The van der Waals surface area contributed by atoms with Crippen LogP contribution in [0.25, 0.3) is 0 Å². The molecule has 1 amide bonds. The Bertz CT molecular complexity index is 254. The first-order valence-corrected chi connectivity index (χ1v) is 4.52. The van der Waals surface area contributed by atoms with E-state index in [2.05, 4.69) is 0 Å². The van der Waals surface area contributed by atoms with Crippen molar-refractivity contribution in [2.75, 3.05) is 13.6 Å². The van der Waals surface area contributed by atoms with Crippen molar-refractivity contribution in [1.29, 1.82) is 0 Å². The zero-order valence-electron chi connectivity index (χ0n) is 8.96. The number of carbonyl (C=O) groups is 2. The van der Waals surface area contributed by atoms with Gasteiger partial charge in [0.05, 0.1) is 0 Å². The van der Waals surface area contributed by atoms with Gasteiger partial charge in [-0.3, -0.25) is 9.59 Å². The number of carbonyl (C=O) groups excluding carboxylic acids is 1. The van der Waals surface area contributed by atoms with E-state index in [1.807, 2.05) is 0 Å². The molecule has 0 radical (unpaired) electrons. The van der Waals surface area contributed by atoms with Gasteiger partial charge in [0.1, 0.15) is 6.54 Å². The highest BCUT2D eigenvalue weighted by Gasteiger charge is 2.41. The number of rotatable bonds is 5. The van der Waals surface area contributed by atoms with E-state index in [1.54, 1.807) is 13.8 Å². The first kappa shape index (κ1) is 13.8. The fraction of sp³-hybridized carbons (Fsp3) is 0.778. The van der Waals surface area contributed by atoms with Crippen molar-refractivity contribution in [1.82, 2.24) is 4.90 Å². The van der Waals surface area contributed by atoms with Crippen molar-refractivity contribution in [3.8, 4) is 0 Å². The molecular formula is C9H15F2NO3. The van der Waals surface area contributed by atoms with Crippen LogP contribution in [-0.2, 0) is 9.59 Å². The number of amides is 1. The molecule has 88 valence electrons. The summed E-state index contributed by atoms with van der Waals surface area (Å²) in [5, 5.41) is 8.34. The SMILES string of the molecule is CC(C)CC(F)(F)C(=O)N(C)CC(=O)O. The second-order valence-electron chi connectivity index (χ2n) is 3.86. The van der Waals surface area contributed by atoms with Crippen LogP contribution in [0.5, 0.6) is 0 Å². The van der Waals surface area contributed by atoms with E-state index in [-0.39, 0.29) is 5.92 Å². The quantitative estimate of drug-likeness (QED) is 0.762. The van der Waals surface area contributed by atoms with Crippen LogP contribution in [-0.4, -0.2) is 41.4 Å². The molecule has 0 aliphatic heterocycles. The number of hydrogen-bond donors (Lipinski definition) is 1. The molecule has 0 spiro atoms. The maximum absolute atomic E-state index is 13.2. The van der Waals surface area contributed by atoms with Crippen LogP contribution in [0, 0.1) is 5.92 Å². The molecule has 0 fully saturated rings. The van der Waals surface area contributed by atoms with Crippen molar-refractivity contribution >= 4 is 11.9 Å². The van der Waals surface area contributed by atoms with Crippen molar-refractivity contribution in [3.63, 3.8) is 0 Å². The number of hydrogen-bond acceptors (Lipinski definition) is 2. The number of nitrogens with zero attached hydrogens (tertiary/aromatic N) is 1. The van der Waals surface area contributed by atoms with Gasteiger partial charge in [0, 0.05) is 13.5 Å². The third-order valence-corrected chi connectivity index (χ3v) is 1.70. The fourth-order valence-corrected chi connectivity index (χ4v) is 1.15. The molecule has 0 unspecified atom stereocenters. The number of halogens is 2. The lowest BCUT2D eigenvalue weighted by Gasteiger charge is -2.23. The minimum atomic E-state index is -3.49. The van der Waals surface area contributed by atoms with E-state index in [1.165, 1.54) is 0 Å². The molecular weight excluding hydrogens is 208 g/mol. The zero-order valence-corrected chi connectivity index (χ0v) is 8.96. The van der Waals surface area contributed by atoms with Gasteiger partial charge >= 0.3 is 11.9 Å². The Hall–Kier alpha value is -1.20. The second kappa shape index (κ2) is 5.04. The summed E-state index contributed by atoms with van der Waals surface area (Å²) in [7, 11) is 1.05. The van der Waals surface area contributed by atoms with Gasteiger partial charge in [-0.05, 0) is 5.92 Å². The average molecular weight is 223 g/mol. The number of aliphatic carboxylic acids is 1. The topological polar surface area (TPSA) is 57.6 Å². The van der Waals surface area contributed by atoms with E-state index in [9.17, 15) is 18.4 Å². The molecule has 0 saturated carbocycles. The van der Waals surface area contributed by atoms with E-state index < -0.39 is 30.8 Å². The molecule has 0 heterocycles. The van der Waals surface area contributed by atoms with Crippen molar-refractivity contribution in [2.45, 2.75) is 26.2 Å². The molecule has 0 atom stereocenters. The van der Waals surface area contributed by atoms with Crippen LogP contribution in [0.4, 0.5) is 8.78 Å². The third-order valence-electron chi connectivity index (χ3n) is 1.70. The molecule has 0 bridgehead atoms. The molecule has 15 heavy (non-hydrogen) atoms. The van der Waals surface area contributed by atoms with Gasteiger partial charge in [0.25, 0.3) is 5.91 Å². The van der Waals surface area contributed by atoms with Gasteiger partial charge in [0.2, 0.25) is 0 Å². The first-order valence-electron chi connectivity index (χ1n) is 4.52. The summed E-state index contributed by atoms with van der Waals surface area (Å²) in [6, 6.07) is 0. The lowest BCUT2D eigenvalue weighted by atomic mass is 10.0. The number of carboxylic acid groups (broad SMARTS) is 1. The summed E-state index contributed by atoms with van der Waals surface area (Å²) < 4.78 is 26.4. The Morgan fingerprint density at radius 3 is 2.20 bits per heavy atom. The average Bonchev–Trinajstić information content (AvgIpc) is 1.98. The van der Waals surface area contributed by atoms with E-state index in [0.717, 1.165) is 7.05 Å². The Labute approximate surface area is 86.9 Å². The smallest absolute Gasteiger partial charge is 0.325 e. The molecule has 0 rings (SSSR count). The van der Waals surface area contributed by atoms with Crippen molar-refractivity contribution in [2.24, 2.45) is 5.92 Å². The summed E-state index contributed by atoms with van der Waals surface area (Å²) in [5.74, 6) is -6.58. The van der Waals surface area contributed by atoms with Gasteiger partial charge in [-0.25, -0.2) is 0 Å². The van der Waals surface area contributed by atoms with Crippen molar-refractivity contribution in [3.05, 3.63) is 0 Å². The molecule has 0 aromatic rings. The summed E-state index contributed by atoms with van der Waals surface area (Å²) in [4.78, 5) is 21.9. The Kier molecular flexibility index (Phi) is 4.64. The maximum Gasteiger partial charge on any atom is 0.325 e. The molecule has 6 heteroatoms. The maximum atomic E-state index is 13.2. The van der Waals surface area contributed by atoms with Gasteiger partial charge < -0.3 is 10.0 Å². The van der Waals surface area contributed by atoms with Crippen LogP contribution in [0.1, 0.15) is 20.3 Å². The summed E-state index contributed by atoms with van der Waals surface area (Å²) in [5.41, 5.74) is 0. The fourth-order valence-electron chi connectivity index (χ4n) is 1.15. The molecule has 1 N–H and O–H groups in total. The largest absolute Gasteiger partial charge is 0.480 e. The molecule has 4 nitrogen and oxygen atoms in total. The predicted molar refractivity (Wildman–Crippen MR) is 49.7 cm³/mol.